The molecule has 0 saturated heterocycles. The van der Waals surface area contributed by atoms with E-state index in [4.69, 9.17) is 9.26 Å². The highest BCUT2D eigenvalue weighted by molar-refractivity contribution is 7.92. The molecule has 1 aliphatic carbocycles. The van der Waals surface area contributed by atoms with Crippen molar-refractivity contribution in [3.8, 4) is 5.75 Å². The lowest BCUT2D eigenvalue weighted by Crippen LogP contribution is -2.38. The topological polar surface area (TPSA) is 115 Å². The molecule has 1 aliphatic heterocycles. The van der Waals surface area contributed by atoms with E-state index in [9.17, 15) is 13.2 Å². The number of carbonyl (C=O) groups is 1. The van der Waals surface area contributed by atoms with E-state index in [1.165, 1.54) is 17.0 Å². The number of aromatic nitrogens is 2. The fraction of sp³-hybridized carbons (Fsp3) is 0.286. The smallest absolute Gasteiger partial charge is 0.265 e. The molecule has 0 bridgehead atoms. The van der Waals surface area contributed by atoms with Crippen LogP contribution in [0.2, 0.25) is 0 Å². The first-order valence-corrected chi connectivity index (χ1v) is 11.4. The fourth-order valence-corrected chi connectivity index (χ4v) is 4.53. The second kappa shape index (κ2) is 7.38. The summed E-state index contributed by atoms with van der Waals surface area (Å²) in [6, 6.07) is 11.5. The number of fused-ring (bicyclic) bond motifs is 1. The van der Waals surface area contributed by atoms with E-state index < -0.39 is 10.0 Å². The Balaban J connectivity index is 1.45. The Morgan fingerprint density at radius 1 is 1.19 bits per heavy atom. The van der Waals surface area contributed by atoms with Crippen LogP contribution < -0.4 is 14.4 Å². The van der Waals surface area contributed by atoms with Crippen LogP contribution in [0.4, 0.5) is 11.4 Å². The van der Waals surface area contributed by atoms with Crippen molar-refractivity contribution < 1.29 is 22.5 Å². The monoisotopic (exact) mass is 440 g/mol. The standard InChI is InChI=1S/C21H20N4O5S/c1-13-4-2-3-5-16(13)24-31(27,28)15-8-9-18-17(10-15)25(20(26)12-29-18)11-19-22-21(30-23-19)14-6-7-14/h2-5,8-10,14,24H,6-7,11-12H2,1H3. The van der Waals surface area contributed by atoms with Crippen molar-refractivity contribution in [2.45, 2.75) is 37.1 Å². The molecule has 0 spiro atoms. The lowest BCUT2D eigenvalue weighted by atomic mass is 10.2. The van der Waals surface area contributed by atoms with E-state index in [0.29, 0.717) is 34.8 Å². The van der Waals surface area contributed by atoms with Crippen LogP contribution in [0.15, 0.2) is 51.9 Å². The molecule has 9 nitrogen and oxygen atoms in total. The Kier molecular flexibility index (Phi) is 4.66. The number of rotatable bonds is 6. The molecular formula is C21H20N4O5S. The van der Waals surface area contributed by atoms with Crippen molar-refractivity contribution in [2.75, 3.05) is 16.2 Å². The van der Waals surface area contributed by atoms with Gasteiger partial charge in [0, 0.05) is 5.92 Å². The number of hydrogen-bond acceptors (Lipinski definition) is 7. The molecule has 2 aliphatic rings. The van der Waals surface area contributed by atoms with E-state index in [2.05, 4.69) is 14.9 Å². The SMILES string of the molecule is Cc1ccccc1NS(=O)(=O)c1ccc2c(c1)N(Cc1noc(C3CC3)n1)C(=O)CO2. The molecule has 1 N–H and O–H groups in total. The van der Waals surface area contributed by atoms with Gasteiger partial charge in [-0.05, 0) is 49.6 Å². The highest BCUT2D eigenvalue weighted by atomic mass is 32.2. The van der Waals surface area contributed by atoms with Gasteiger partial charge in [0.05, 0.1) is 22.8 Å². The molecule has 10 heteroatoms. The van der Waals surface area contributed by atoms with Crippen molar-refractivity contribution in [3.63, 3.8) is 0 Å². The second-order valence-corrected chi connectivity index (χ2v) is 9.32. The average molecular weight is 440 g/mol. The summed E-state index contributed by atoms with van der Waals surface area (Å²) >= 11 is 0. The molecule has 1 amide bonds. The molecule has 160 valence electrons. The Bertz CT molecular complexity index is 1270. The minimum absolute atomic E-state index is 0.0181. The summed E-state index contributed by atoms with van der Waals surface area (Å²) in [7, 11) is -3.88. The number of ether oxygens (including phenoxy) is 1. The second-order valence-electron chi connectivity index (χ2n) is 7.64. The van der Waals surface area contributed by atoms with Crippen LogP contribution >= 0.6 is 0 Å². The first kappa shape index (κ1) is 19.6. The van der Waals surface area contributed by atoms with Crippen LogP contribution in [-0.4, -0.2) is 31.1 Å². The molecule has 2 aromatic carbocycles. The van der Waals surface area contributed by atoms with Crippen LogP contribution in [0.1, 0.15) is 36.0 Å². The average Bonchev–Trinajstić information content (AvgIpc) is 3.50. The normalized spacial score (nSPS) is 16.0. The first-order chi connectivity index (χ1) is 14.9. The summed E-state index contributed by atoms with van der Waals surface area (Å²) < 4.78 is 39.3. The number of carbonyl (C=O) groups excluding carboxylic acids is 1. The minimum Gasteiger partial charge on any atom is -0.482 e. The highest BCUT2D eigenvalue weighted by Gasteiger charge is 2.32. The number of benzene rings is 2. The Labute approximate surface area is 179 Å². The largest absolute Gasteiger partial charge is 0.482 e. The number of nitrogens with zero attached hydrogens (tertiary/aromatic N) is 3. The number of nitrogens with one attached hydrogen (secondary N) is 1. The van der Waals surface area contributed by atoms with Gasteiger partial charge in [0.15, 0.2) is 12.4 Å². The molecule has 2 heterocycles. The third-order valence-electron chi connectivity index (χ3n) is 5.28. The van der Waals surface area contributed by atoms with Gasteiger partial charge < -0.3 is 9.26 Å². The van der Waals surface area contributed by atoms with Gasteiger partial charge in [-0.1, -0.05) is 23.4 Å². The highest BCUT2D eigenvalue weighted by Crippen LogP contribution is 2.39. The zero-order chi connectivity index (χ0) is 21.6. The number of amides is 1. The molecular weight excluding hydrogens is 420 g/mol. The molecule has 1 fully saturated rings. The van der Waals surface area contributed by atoms with Crippen molar-refractivity contribution in [2.24, 2.45) is 0 Å². The zero-order valence-corrected chi connectivity index (χ0v) is 17.6. The van der Waals surface area contributed by atoms with Gasteiger partial charge in [0.1, 0.15) is 5.75 Å². The molecule has 1 saturated carbocycles. The van der Waals surface area contributed by atoms with Gasteiger partial charge in [-0.2, -0.15) is 4.98 Å². The summed E-state index contributed by atoms with van der Waals surface area (Å²) in [6.45, 7) is 1.74. The van der Waals surface area contributed by atoms with Gasteiger partial charge in [0.2, 0.25) is 5.89 Å². The molecule has 1 aromatic heterocycles. The van der Waals surface area contributed by atoms with Crippen LogP contribution in [0.25, 0.3) is 0 Å². The lowest BCUT2D eigenvalue weighted by molar-refractivity contribution is -0.121. The van der Waals surface area contributed by atoms with Crippen LogP contribution in [0.5, 0.6) is 5.75 Å². The molecule has 0 atom stereocenters. The van der Waals surface area contributed by atoms with Gasteiger partial charge in [-0.15, -0.1) is 0 Å². The number of aryl methyl sites for hydroxylation is 1. The molecule has 0 unspecified atom stereocenters. The van der Waals surface area contributed by atoms with E-state index >= 15 is 0 Å². The Morgan fingerprint density at radius 3 is 2.77 bits per heavy atom. The number of hydrogen-bond donors (Lipinski definition) is 1. The van der Waals surface area contributed by atoms with Crippen molar-refractivity contribution in [1.82, 2.24) is 10.1 Å². The maximum absolute atomic E-state index is 13.0. The summed E-state index contributed by atoms with van der Waals surface area (Å²) in [5.41, 5.74) is 1.64. The molecule has 3 aromatic rings. The quantitative estimate of drug-likeness (QED) is 0.627. The van der Waals surface area contributed by atoms with E-state index in [1.54, 1.807) is 18.2 Å². The van der Waals surface area contributed by atoms with E-state index in [0.717, 1.165) is 18.4 Å². The Hall–Kier alpha value is -3.40. The zero-order valence-electron chi connectivity index (χ0n) is 16.7. The number of para-hydroxylation sites is 1. The van der Waals surface area contributed by atoms with E-state index in [-0.39, 0.29) is 24.0 Å². The third-order valence-corrected chi connectivity index (χ3v) is 6.65. The van der Waals surface area contributed by atoms with Crippen molar-refractivity contribution in [3.05, 3.63) is 59.7 Å². The number of anilines is 2. The lowest BCUT2D eigenvalue weighted by Gasteiger charge is -2.28. The van der Waals surface area contributed by atoms with Gasteiger partial charge in [-0.3, -0.25) is 14.4 Å². The van der Waals surface area contributed by atoms with Crippen LogP contribution in [0.3, 0.4) is 0 Å². The summed E-state index contributed by atoms with van der Waals surface area (Å²) in [5.74, 6) is 1.36. The third kappa shape index (κ3) is 3.86. The predicted molar refractivity (Wildman–Crippen MR) is 111 cm³/mol. The minimum atomic E-state index is -3.88. The first-order valence-electron chi connectivity index (χ1n) is 9.89. The van der Waals surface area contributed by atoms with Crippen LogP contribution in [0, 0.1) is 6.92 Å². The van der Waals surface area contributed by atoms with E-state index in [1.807, 2.05) is 19.1 Å². The molecule has 5 rings (SSSR count). The van der Waals surface area contributed by atoms with Crippen LogP contribution in [-0.2, 0) is 21.4 Å². The Morgan fingerprint density at radius 2 is 2.00 bits per heavy atom. The maximum Gasteiger partial charge on any atom is 0.265 e. The fourth-order valence-electron chi connectivity index (χ4n) is 3.38. The van der Waals surface area contributed by atoms with Gasteiger partial charge >= 0.3 is 0 Å². The number of sulfonamides is 1. The van der Waals surface area contributed by atoms with Crippen molar-refractivity contribution in [1.29, 1.82) is 0 Å². The predicted octanol–water partition coefficient (Wildman–Crippen LogP) is 2.98. The van der Waals surface area contributed by atoms with Crippen molar-refractivity contribution >= 4 is 27.3 Å². The summed E-state index contributed by atoms with van der Waals surface area (Å²) in [5, 5.41) is 3.96. The molecule has 0 radical (unpaired) electrons. The maximum atomic E-state index is 13.0. The van der Waals surface area contributed by atoms with Gasteiger partial charge in [0.25, 0.3) is 15.9 Å². The molecule has 31 heavy (non-hydrogen) atoms. The summed E-state index contributed by atoms with van der Waals surface area (Å²) in [6.07, 6.45) is 2.05. The summed E-state index contributed by atoms with van der Waals surface area (Å²) in [4.78, 5) is 18.4. The van der Waals surface area contributed by atoms with Gasteiger partial charge in [-0.25, -0.2) is 8.42 Å².